The van der Waals surface area contributed by atoms with Crippen LogP contribution in [-0.4, -0.2) is 23.0 Å². The number of pyridine rings is 1. The van der Waals surface area contributed by atoms with Crippen molar-refractivity contribution < 1.29 is 9.53 Å². The lowest BCUT2D eigenvalue weighted by Crippen LogP contribution is -2.03. The summed E-state index contributed by atoms with van der Waals surface area (Å²) >= 11 is 6.11. The predicted molar refractivity (Wildman–Crippen MR) is 69.9 cm³/mol. The second-order valence-corrected chi connectivity index (χ2v) is 4.23. The molecule has 0 fully saturated rings. The number of aromatic nitrogens is 2. The van der Waals surface area contributed by atoms with Gasteiger partial charge in [-0.25, -0.2) is 9.78 Å². The summed E-state index contributed by atoms with van der Waals surface area (Å²) in [7, 11) is 1.34. The van der Waals surface area contributed by atoms with Gasteiger partial charge in [0.25, 0.3) is 0 Å². The average molecular weight is 261 g/mol. The molecule has 0 saturated carbocycles. The molecule has 1 N–H and O–H groups in total. The maximum atomic E-state index is 11.7. The first-order valence-electron chi connectivity index (χ1n) is 5.35. The van der Waals surface area contributed by atoms with Gasteiger partial charge in [0.15, 0.2) is 0 Å². The number of carbonyl (C=O) groups excluding carboxylic acids is 1. The zero-order valence-corrected chi connectivity index (χ0v) is 10.3. The van der Waals surface area contributed by atoms with E-state index in [1.165, 1.54) is 13.3 Å². The molecule has 0 bridgehead atoms. The number of ether oxygens (including phenoxy) is 1. The number of nitrogens with zero attached hydrogens (tertiary/aromatic N) is 1. The van der Waals surface area contributed by atoms with Gasteiger partial charge in [0.2, 0.25) is 0 Å². The van der Waals surface area contributed by atoms with Gasteiger partial charge in [0.05, 0.1) is 12.6 Å². The molecule has 2 heterocycles. The van der Waals surface area contributed by atoms with E-state index in [-0.39, 0.29) is 0 Å². The zero-order valence-electron chi connectivity index (χ0n) is 9.53. The van der Waals surface area contributed by atoms with Gasteiger partial charge in [0, 0.05) is 22.5 Å². The van der Waals surface area contributed by atoms with E-state index in [2.05, 4.69) is 9.97 Å². The number of halogens is 1. The van der Waals surface area contributed by atoms with Crippen molar-refractivity contribution in [2.75, 3.05) is 7.11 Å². The molecule has 0 unspecified atom stereocenters. The van der Waals surface area contributed by atoms with Crippen molar-refractivity contribution in [3.05, 3.63) is 41.2 Å². The van der Waals surface area contributed by atoms with E-state index in [0.717, 1.165) is 16.3 Å². The number of benzene rings is 1. The maximum absolute atomic E-state index is 11.7. The number of esters is 1. The molecule has 3 aromatic rings. The number of carbonyl (C=O) groups is 1. The van der Waals surface area contributed by atoms with Crippen molar-refractivity contribution in [1.82, 2.24) is 9.97 Å². The predicted octanol–water partition coefficient (Wildman–Crippen LogP) is 3.16. The van der Waals surface area contributed by atoms with Crippen molar-refractivity contribution in [2.45, 2.75) is 0 Å². The van der Waals surface area contributed by atoms with Crippen LogP contribution < -0.4 is 0 Å². The highest BCUT2D eigenvalue weighted by Gasteiger charge is 2.17. The first kappa shape index (κ1) is 11.0. The Morgan fingerprint density at radius 3 is 2.94 bits per heavy atom. The Kier molecular flexibility index (Phi) is 2.45. The van der Waals surface area contributed by atoms with Gasteiger partial charge in [-0.2, -0.15) is 0 Å². The van der Waals surface area contributed by atoms with Crippen LogP contribution in [0.5, 0.6) is 0 Å². The Hall–Kier alpha value is -2.07. The Labute approximate surface area is 108 Å². The fraction of sp³-hybridized carbons (Fsp3) is 0.0769. The molecule has 0 aliphatic heterocycles. The molecule has 0 atom stereocenters. The summed E-state index contributed by atoms with van der Waals surface area (Å²) in [6, 6.07) is 7.68. The van der Waals surface area contributed by atoms with E-state index in [0.29, 0.717) is 16.2 Å². The summed E-state index contributed by atoms with van der Waals surface area (Å²) in [5.74, 6) is -0.435. The molecular weight excluding hydrogens is 252 g/mol. The molecule has 18 heavy (non-hydrogen) atoms. The summed E-state index contributed by atoms with van der Waals surface area (Å²) in [6.45, 7) is 0. The number of hydrogen-bond donors (Lipinski definition) is 1. The summed E-state index contributed by atoms with van der Waals surface area (Å²) < 4.78 is 4.74. The van der Waals surface area contributed by atoms with Crippen molar-refractivity contribution in [3.63, 3.8) is 0 Å². The molecule has 0 saturated heterocycles. The molecule has 0 aliphatic rings. The summed E-state index contributed by atoms with van der Waals surface area (Å²) in [5.41, 5.74) is 1.95. The van der Waals surface area contributed by atoms with Crippen molar-refractivity contribution in [1.29, 1.82) is 0 Å². The minimum Gasteiger partial charge on any atom is -0.465 e. The summed E-state index contributed by atoms with van der Waals surface area (Å²) in [5, 5.41) is 2.06. The van der Waals surface area contributed by atoms with E-state index >= 15 is 0 Å². The highest BCUT2D eigenvalue weighted by atomic mass is 35.5. The Morgan fingerprint density at radius 2 is 2.17 bits per heavy atom. The lowest BCUT2D eigenvalue weighted by atomic mass is 10.1. The normalized spacial score (nSPS) is 11.0. The molecule has 0 aliphatic carbocycles. The quantitative estimate of drug-likeness (QED) is 0.540. The van der Waals surface area contributed by atoms with Crippen molar-refractivity contribution in [2.24, 2.45) is 0 Å². The fourth-order valence-corrected chi connectivity index (χ4v) is 2.32. The third-order valence-electron chi connectivity index (χ3n) is 2.89. The van der Waals surface area contributed by atoms with Gasteiger partial charge in [-0.1, -0.05) is 29.8 Å². The lowest BCUT2D eigenvalue weighted by Gasteiger charge is -2.01. The first-order chi connectivity index (χ1) is 8.72. The number of nitrogens with one attached hydrogen (secondary N) is 1. The van der Waals surface area contributed by atoms with Crippen LogP contribution in [0.1, 0.15) is 10.4 Å². The molecular formula is C13H9ClN2O2. The van der Waals surface area contributed by atoms with Gasteiger partial charge in [0.1, 0.15) is 10.7 Å². The van der Waals surface area contributed by atoms with Crippen LogP contribution in [0.2, 0.25) is 5.15 Å². The third-order valence-corrected chi connectivity index (χ3v) is 3.18. The monoisotopic (exact) mass is 260 g/mol. The third kappa shape index (κ3) is 1.46. The standard InChI is InChI=1S/C13H9ClN2O2/c1-18-13(17)8-6-15-12(14)10-7-4-2-3-5-9(7)16-11(8)10/h2-6,16H,1H3. The molecule has 5 heteroatoms. The fourth-order valence-electron chi connectivity index (χ4n) is 2.07. The van der Waals surface area contributed by atoms with Gasteiger partial charge >= 0.3 is 5.97 Å². The van der Waals surface area contributed by atoms with Gasteiger partial charge < -0.3 is 9.72 Å². The van der Waals surface area contributed by atoms with Crippen LogP contribution in [0.25, 0.3) is 21.8 Å². The average Bonchev–Trinajstić information content (AvgIpc) is 2.78. The number of aromatic amines is 1. The Balaban J connectivity index is 2.49. The smallest absolute Gasteiger partial charge is 0.341 e. The topological polar surface area (TPSA) is 55.0 Å². The highest BCUT2D eigenvalue weighted by Crippen LogP contribution is 2.31. The number of hydrogen-bond acceptors (Lipinski definition) is 3. The minimum atomic E-state index is -0.435. The number of H-pyrrole nitrogens is 1. The maximum Gasteiger partial charge on any atom is 0.341 e. The molecule has 4 nitrogen and oxygen atoms in total. The molecule has 90 valence electrons. The largest absolute Gasteiger partial charge is 0.465 e. The van der Waals surface area contributed by atoms with Gasteiger partial charge in [-0.15, -0.1) is 0 Å². The molecule has 0 radical (unpaired) electrons. The van der Waals surface area contributed by atoms with Crippen LogP contribution in [0.3, 0.4) is 0 Å². The summed E-state index contributed by atoms with van der Waals surface area (Å²) in [6.07, 6.45) is 1.42. The molecule has 0 spiro atoms. The number of rotatable bonds is 1. The SMILES string of the molecule is COC(=O)c1cnc(Cl)c2c1[nH]c1ccccc12. The number of fused-ring (bicyclic) bond motifs is 3. The molecule has 0 amide bonds. The van der Waals surface area contributed by atoms with E-state index < -0.39 is 5.97 Å². The Morgan fingerprint density at radius 1 is 1.39 bits per heavy atom. The number of methoxy groups -OCH3 is 1. The van der Waals surface area contributed by atoms with E-state index in [9.17, 15) is 4.79 Å². The first-order valence-corrected chi connectivity index (χ1v) is 5.73. The van der Waals surface area contributed by atoms with Crippen molar-refractivity contribution >= 4 is 39.4 Å². The van der Waals surface area contributed by atoms with E-state index in [4.69, 9.17) is 16.3 Å². The van der Waals surface area contributed by atoms with E-state index in [1.807, 2.05) is 24.3 Å². The summed E-state index contributed by atoms with van der Waals surface area (Å²) in [4.78, 5) is 18.9. The second kappa shape index (κ2) is 3.99. The lowest BCUT2D eigenvalue weighted by molar-refractivity contribution is 0.0602. The van der Waals surface area contributed by atoms with Crippen LogP contribution in [-0.2, 0) is 4.74 Å². The van der Waals surface area contributed by atoms with Gasteiger partial charge in [-0.3, -0.25) is 0 Å². The van der Waals surface area contributed by atoms with Crippen LogP contribution in [0, 0.1) is 0 Å². The highest BCUT2D eigenvalue weighted by molar-refractivity contribution is 6.37. The Bertz CT molecular complexity index is 764. The van der Waals surface area contributed by atoms with Crippen LogP contribution in [0.4, 0.5) is 0 Å². The number of para-hydroxylation sites is 1. The second-order valence-electron chi connectivity index (χ2n) is 3.87. The zero-order chi connectivity index (χ0) is 12.7. The van der Waals surface area contributed by atoms with Crippen LogP contribution >= 0.6 is 11.6 Å². The van der Waals surface area contributed by atoms with Crippen molar-refractivity contribution in [3.8, 4) is 0 Å². The molecule has 1 aromatic carbocycles. The van der Waals surface area contributed by atoms with Gasteiger partial charge in [-0.05, 0) is 6.07 Å². The van der Waals surface area contributed by atoms with E-state index in [1.54, 1.807) is 0 Å². The molecule has 3 rings (SSSR count). The molecule has 2 aromatic heterocycles. The van der Waals surface area contributed by atoms with Crippen LogP contribution in [0.15, 0.2) is 30.5 Å². The minimum absolute atomic E-state index is 0.370.